The quantitative estimate of drug-likeness (QED) is 0.580. The summed E-state index contributed by atoms with van der Waals surface area (Å²) in [6.07, 6.45) is 0. The van der Waals surface area contributed by atoms with Crippen molar-refractivity contribution in [1.82, 2.24) is 5.32 Å². The molecule has 0 radical (unpaired) electrons. The Balaban J connectivity index is 2.39. The summed E-state index contributed by atoms with van der Waals surface area (Å²) in [5, 5.41) is 3.17. The summed E-state index contributed by atoms with van der Waals surface area (Å²) in [7, 11) is 1.42. The second-order valence-electron chi connectivity index (χ2n) is 2.68. The molecule has 1 saturated heterocycles. The maximum absolute atomic E-state index is 11.0. The molecular weight excluding hydrogens is 162 g/mol. The normalized spacial score (nSPS) is 31.5. The molecule has 1 aliphatic heterocycles. The van der Waals surface area contributed by atoms with Crippen molar-refractivity contribution in [3.8, 4) is 0 Å². The van der Waals surface area contributed by atoms with Crippen molar-refractivity contribution in [3.63, 3.8) is 0 Å². The fourth-order valence-corrected chi connectivity index (χ4v) is 2.13. The Labute approximate surface area is 70.9 Å². The molecule has 0 aromatic rings. The molecule has 0 amide bonds. The molecule has 1 rings (SSSR count). The van der Waals surface area contributed by atoms with E-state index in [9.17, 15) is 4.79 Å². The summed E-state index contributed by atoms with van der Waals surface area (Å²) in [4.78, 5) is 11.0. The van der Waals surface area contributed by atoms with E-state index in [2.05, 4.69) is 17.0 Å². The van der Waals surface area contributed by atoms with Crippen LogP contribution in [-0.4, -0.2) is 36.7 Å². The first-order valence-corrected chi connectivity index (χ1v) is 4.81. The van der Waals surface area contributed by atoms with E-state index >= 15 is 0 Å². The number of nitrogens with one attached hydrogen (secondary N) is 1. The zero-order valence-corrected chi connectivity index (χ0v) is 7.61. The van der Waals surface area contributed by atoms with Crippen molar-refractivity contribution in [2.24, 2.45) is 0 Å². The minimum atomic E-state index is -0.149. The van der Waals surface area contributed by atoms with E-state index < -0.39 is 0 Å². The largest absolute Gasteiger partial charge is 0.468 e. The van der Waals surface area contributed by atoms with Gasteiger partial charge in [-0.2, -0.15) is 11.8 Å². The minimum absolute atomic E-state index is 0.103. The number of carbonyl (C=O) groups is 1. The van der Waals surface area contributed by atoms with E-state index in [-0.39, 0.29) is 12.0 Å². The molecule has 1 aliphatic rings. The van der Waals surface area contributed by atoms with E-state index in [0.29, 0.717) is 6.04 Å². The summed E-state index contributed by atoms with van der Waals surface area (Å²) >= 11 is 1.79. The van der Waals surface area contributed by atoms with E-state index in [1.54, 1.807) is 11.8 Å². The first kappa shape index (κ1) is 8.87. The van der Waals surface area contributed by atoms with Crippen LogP contribution in [0.2, 0.25) is 0 Å². The van der Waals surface area contributed by atoms with Crippen LogP contribution in [0.15, 0.2) is 0 Å². The Morgan fingerprint density at radius 2 is 2.36 bits per heavy atom. The van der Waals surface area contributed by atoms with Crippen LogP contribution in [0.4, 0.5) is 0 Å². The van der Waals surface area contributed by atoms with Crippen molar-refractivity contribution in [2.45, 2.75) is 19.0 Å². The Bertz CT molecular complexity index is 151. The highest BCUT2D eigenvalue weighted by Gasteiger charge is 2.24. The van der Waals surface area contributed by atoms with Gasteiger partial charge in [-0.15, -0.1) is 0 Å². The number of carbonyl (C=O) groups excluding carboxylic acids is 1. The van der Waals surface area contributed by atoms with Gasteiger partial charge >= 0.3 is 5.97 Å². The topological polar surface area (TPSA) is 38.3 Å². The number of methoxy groups -OCH3 is 1. The van der Waals surface area contributed by atoms with Crippen LogP contribution >= 0.6 is 11.8 Å². The van der Waals surface area contributed by atoms with Gasteiger partial charge in [-0.3, -0.25) is 4.79 Å². The van der Waals surface area contributed by atoms with E-state index in [1.807, 2.05) is 0 Å². The molecule has 1 fully saturated rings. The number of hydrogen-bond donors (Lipinski definition) is 1. The van der Waals surface area contributed by atoms with Gasteiger partial charge in [-0.05, 0) is 6.92 Å². The van der Waals surface area contributed by atoms with Crippen LogP contribution in [0.3, 0.4) is 0 Å². The minimum Gasteiger partial charge on any atom is -0.468 e. The smallest absolute Gasteiger partial charge is 0.323 e. The SMILES string of the molecule is COC(=O)C1CSCC(C)N1. The summed E-state index contributed by atoms with van der Waals surface area (Å²) in [6.45, 7) is 2.07. The Morgan fingerprint density at radius 1 is 1.64 bits per heavy atom. The van der Waals surface area contributed by atoms with E-state index in [1.165, 1.54) is 7.11 Å². The lowest BCUT2D eigenvalue weighted by Crippen LogP contribution is -2.48. The second-order valence-corrected chi connectivity index (χ2v) is 3.76. The van der Waals surface area contributed by atoms with Gasteiger partial charge in [0.1, 0.15) is 6.04 Å². The van der Waals surface area contributed by atoms with Crippen molar-refractivity contribution in [2.75, 3.05) is 18.6 Å². The van der Waals surface area contributed by atoms with Gasteiger partial charge in [0.25, 0.3) is 0 Å². The third-order valence-corrected chi connectivity index (χ3v) is 2.93. The Morgan fingerprint density at radius 3 is 2.91 bits per heavy atom. The molecule has 3 nitrogen and oxygen atoms in total. The molecule has 0 aromatic carbocycles. The van der Waals surface area contributed by atoms with Gasteiger partial charge in [0.2, 0.25) is 0 Å². The first-order chi connectivity index (χ1) is 5.24. The fraction of sp³-hybridized carbons (Fsp3) is 0.857. The van der Waals surface area contributed by atoms with Gasteiger partial charge in [0, 0.05) is 17.5 Å². The maximum Gasteiger partial charge on any atom is 0.323 e. The van der Waals surface area contributed by atoms with Crippen molar-refractivity contribution in [1.29, 1.82) is 0 Å². The summed E-state index contributed by atoms with van der Waals surface area (Å²) < 4.78 is 4.62. The zero-order chi connectivity index (χ0) is 8.27. The van der Waals surface area contributed by atoms with Crippen molar-refractivity contribution in [3.05, 3.63) is 0 Å². The van der Waals surface area contributed by atoms with Gasteiger partial charge in [0.05, 0.1) is 7.11 Å². The van der Waals surface area contributed by atoms with Crippen molar-refractivity contribution >= 4 is 17.7 Å². The highest BCUT2D eigenvalue weighted by Crippen LogP contribution is 2.12. The molecule has 2 atom stereocenters. The van der Waals surface area contributed by atoms with Crippen LogP contribution in [0, 0.1) is 0 Å². The molecule has 0 aromatic heterocycles. The lowest BCUT2D eigenvalue weighted by Gasteiger charge is -2.26. The molecular formula is C7H13NO2S. The standard InChI is InChI=1S/C7H13NO2S/c1-5-3-11-4-6(8-5)7(9)10-2/h5-6,8H,3-4H2,1-2H3. The number of thioether (sulfide) groups is 1. The summed E-state index contributed by atoms with van der Waals surface area (Å²) in [5.74, 6) is 1.76. The van der Waals surface area contributed by atoms with Crippen LogP contribution in [0.25, 0.3) is 0 Å². The molecule has 1 heterocycles. The lowest BCUT2D eigenvalue weighted by atomic mass is 10.3. The fourth-order valence-electron chi connectivity index (χ4n) is 1.08. The van der Waals surface area contributed by atoms with Gasteiger partial charge in [-0.25, -0.2) is 0 Å². The lowest BCUT2D eigenvalue weighted by molar-refractivity contribution is -0.142. The molecule has 11 heavy (non-hydrogen) atoms. The third-order valence-electron chi connectivity index (χ3n) is 1.62. The highest BCUT2D eigenvalue weighted by molar-refractivity contribution is 7.99. The van der Waals surface area contributed by atoms with Crippen LogP contribution in [-0.2, 0) is 9.53 Å². The average molecular weight is 175 g/mol. The predicted molar refractivity (Wildman–Crippen MR) is 45.7 cm³/mol. The predicted octanol–water partition coefficient (Wildman–Crippen LogP) is 0.253. The molecule has 2 unspecified atom stereocenters. The van der Waals surface area contributed by atoms with Gasteiger partial charge in [0.15, 0.2) is 0 Å². The number of hydrogen-bond acceptors (Lipinski definition) is 4. The number of ether oxygens (including phenoxy) is 1. The first-order valence-electron chi connectivity index (χ1n) is 3.65. The Kier molecular flexibility index (Phi) is 3.20. The molecule has 1 N–H and O–H groups in total. The summed E-state index contributed by atoms with van der Waals surface area (Å²) in [5.41, 5.74) is 0. The highest BCUT2D eigenvalue weighted by atomic mass is 32.2. The molecule has 4 heteroatoms. The van der Waals surface area contributed by atoms with Crippen LogP contribution < -0.4 is 5.32 Å². The van der Waals surface area contributed by atoms with E-state index in [4.69, 9.17) is 0 Å². The number of esters is 1. The zero-order valence-electron chi connectivity index (χ0n) is 6.79. The number of rotatable bonds is 1. The molecule has 0 aliphatic carbocycles. The molecule has 0 bridgehead atoms. The average Bonchev–Trinajstić information content (AvgIpc) is 2.03. The van der Waals surface area contributed by atoms with Gasteiger partial charge < -0.3 is 10.1 Å². The van der Waals surface area contributed by atoms with E-state index in [0.717, 1.165) is 11.5 Å². The monoisotopic (exact) mass is 175 g/mol. The third kappa shape index (κ3) is 2.38. The second kappa shape index (κ2) is 3.97. The maximum atomic E-state index is 11.0. The molecule has 0 spiro atoms. The molecule has 0 saturated carbocycles. The van der Waals surface area contributed by atoms with Gasteiger partial charge in [-0.1, -0.05) is 0 Å². The van der Waals surface area contributed by atoms with Crippen molar-refractivity contribution < 1.29 is 9.53 Å². The van der Waals surface area contributed by atoms with Crippen LogP contribution in [0.5, 0.6) is 0 Å². The summed E-state index contributed by atoms with van der Waals surface area (Å²) in [6, 6.07) is 0.312. The molecule has 64 valence electrons. The van der Waals surface area contributed by atoms with Crippen LogP contribution in [0.1, 0.15) is 6.92 Å². The Hall–Kier alpha value is -0.220.